The molecule has 0 rings (SSSR count). The molecule has 0 spiro atoms. The first-order valence-electron chi connectivity index (χ1n) is 21.6. The number of esters is 2. The molecule has 0 saturated carbocycles. The van der Waals surface area contributed by atoms with E-state index < -0.39 is 51.8 Å². The predicted octanol–water partition coefficient (Wildman–Crippen LogP) is 11.2. The standard InChI is InChI=1S/C42H81O10P/c1-3-5-7-9-11-13-15-17-19-21-23-25-27-29-31-33-41(45)49-37-40(38-51-53(47,48)50-36-39(44)35-43)52-42(46)34-32-30-28-26-24-22-20-18-16-14-12-10-8-6-4-2/h23,25,39-40,43-44H,3-22,24,26-38H2,1-2H3,(H,47,48)/b25-23+/t39-,40+/m0/s1. The summed E-state index contributed by atoms with van der Waals surface area (Å²) in [5, 5.41) is 18.3. The van der Waals surface area contributed by atoms with Gasteiger partial charge in [0.2, 0.25) is 0 Å². The Balaban J connectivity index is 4.30. The summed E-state index contributed by atoms with van der Waals surface area (Å²) in [4.78, 5) is 34.9. The van der Waals surface area contributed by atoms with Crippen molar-refractivity contribution < 1.29 is 47.8 Å². The highest BCUT2D eigenvalue weighted by atomic mass is 31.2. The number of ether oxygens (including phenoxy) is 2. The van der Waals surface area contributed by atoms with Crippen LogP contribution in [0.3, 0.4) is 0 Å². The number of aliphatic hydroxyl groups excluding tert-OH is 2. The molecule has 3 N–H and O–H groups in total. The van der Waals surface area contributed by atoms with Crippen LogP contribution in [0.15, 0.2) is 12.2 Å². The van der Waals surface area contributed by atoms with Crippen molar-refractivity contribution in [3.63, 3.8) is 0 Å². The summed E-state index contributed by atoms with van der Waals surface area (Å²) in [5.41, 5.74) is 0. The number of phosphoric acid groups is 1. The Morgan fingerprint density at radius 1 is 0.547 bits per heavy atom. The molecule has 0 radical (unpaired) electrons. The summed E-state index contributed by atoms with van der Waals surface area (Å²) in [6.45, 7) is 2.38. The predicted molar refractivity (Wildman–Crippen MR) is 215 cm³/mol. The molecule has 0 fully saturated rings. The Bertz CT molecular complexity index is 899. The highest BCUT2D eigenvalue weighted by Crippen LogP contribution is 2.43. The van der Waals surface area contributed by atoms with Gasteiger partial charge in [-0.2, -0.15) is 0 Å². The summed E-state index contributed by atoms with van der Waals surface area (Å²) >= 11 is 0. The van der Waals surface area contributed by atoms with Gasteiger partial charge in [-0.05, 0) is 38.5 Å². The molecule has 53 heavy (non-hydrogen) atoms. The third-order valence-corrected chi connectivity index (χ3v) is 10.4. The van der Waals surface area contributed by atoms with Gasteiger partial charge in [0.15, 0.2) is 6.10 Å². The van der Waals surface area contributed by atoms with Crippen LogP contribution < -0.4 is 0 Å². The molecule has 0 aromatic rings. The van der Waals surface area contributed by atoms with Crippen LogP contribution in [0.2, 0.25) is 0 Å². The van der Waals surface area contributed by atoms with Gasteiger partial charge in [0.05, 0.1) is 19.8 Å². The monoisotopic (exact) mass is 777 g/mol. The van der Waals surface area contributed by atoms with Crippen LogP contribution in [0.1, 0.15) is 206 Å². The SMILES string of the molecule is CCCCCCCCCCC/C=C/CCCCC(=O)OC[C@H](COP(=O)(O)OC[C@@H](O)CO)OC(=O)CCCCCCCCCCCCCCCCC. The second kappa shape index (κ2) is 39.0. The maximum atomic E-state index is 12.6. The number of allylic oxidation sites excluding steroid dienone is 2. The van der Waals surface area contributed by atoms with Gasteiger partial charge in [0.25, 0.3) is 0 Å². The maximum absolute atomic E-state index is 12.6. The van der Waals surface area contributed by atoms with Crippen molar-refractivity contribution >= 4 is 19.8 Å². The molecule has 10 nitrogen and oxygen atoms in total. The average molecular weight is 777 g/mol. The fourth-order valence-electron chi connectivity index (χ4n) is 6.05. The van der Waals surface area contributed by atoms with Crippen molar-refractivity contribution in [2.24, 2.45) is 0 Å². The van der Waals surface area contributed by atoms with E-state index in [0.29, 0.717) is 12.8 Å². The zero-order valence-electron chi connectivity index (χ0n) is 34.0. The lowest BCUT2D eigenvalue weighted by molar-refractivity contribution is -0.161. The van der Waals surface area contributed by atoms with E-state index >= 15 is 0 Å². The minimum absolute atomic E-state index is 0.186. The third kappa shape index (κ3) is 38.8. The van der Waals surface area contributed by atoms with Crippen LogP contribution in [0.4, 0.5) is 0 Å². The summed E-state index contributed by atoms with van der Waals surface area (Å²) in [6, 6.07) is 0. The van der Waals surface area contributed by atoms with Crippen molar-refractivity contribution in [1.29, 1.82) is 0 Å². The van der Waals surface area contributed by atoms with E-state index in [1.54, 1.807) is 0 Å². The van der Waals surface area contributed by atoms with E-state index in [2.05, 4.69) is 30.5 Å². The zero-order chi connectivity index (χ0) is 39.1. The fraction of sp³-hybridized carbons (Fsp3) is 0.905. The van der Waals surface area contributed by atoms with E-state index in [1.807, 2.05) is 0 Å². The van der Waals surface area contributed by atoms with Gasteiger partial charge in [0, 0.05) is 12.8 Å². The van der Waals surface area contributed by atoms with Crippen LogP contribution in [0.25, 0.3) is 0 Å². The quantitative estimate of drug-likeness (QED) is 0.0237. The Morgan fingerprint density at radius 2 is 0.925 bits per heavy atom. The first-order valence-corrected chi connectivity index (χ1v) is 23.1. The molecule has 0 amide bonds. The number of carbonyl (C=O) groups is 2. The zero-order valence-corrected chi connectivity index (χ0v) is 34.9. The van der Waals surface area contributed by atoms with Crippen molar-refractivity contribution in [2.45, 2.75) is 219 Å². The minimum Gasteiger partial charge on any atom is -0.462 e. The first-order chi connectivity index (χ1) is 25.7. The number of unbranched alkanes of at least 4 members (excludes halogenated alkanes) is 25. The van der Waals surface area contributed by atoms with E-state index in [1.165, 1.54) is 128 Å². The summed E-state index contributed by atoms with van der Waals surface area (Å²) in [6.07, 6.45) is 36.1. The van der Waals surface area contributed by atoms with Gasteiger partial charge in [-0.25, -0.2) is 4.57 Å². The average Bonchev–Trinajstić information content (AvgIpc) is 3.14. The van der Waals surface area contributed by atoms with Crippen molar-refractivity contribution in [3.8, 4) is 0 Å². The largest absolute Gasteiger partial charge is 0.472 e. The van der Waals surface area contributed by atoms with Gasteiger partial charge in [-0.3, -0.25) is 18.6 Å². The second-order valence-electron chi connectivity index (χ2n) is 14.7. The number of phosphoric ester groups is 1. The van der Waals surface area contributed by atoms with Gasteiger partial charge < -0.3 is 24.6 Å². The molecule has 0 heterocycles. The topological polar surface area (TPSA) is 149 Å². The summed E-state index contributed by atoms with van der Waals surface area (Å²) in [5.74, 6) is -0.940. The van der Waals surface area contributed by atoms with Crippen LogP contribution in [-0.2, 0) is 32.7 Å². The Kier molecular flexibility index (Phi) is 38.0. The molecule has 0 aliphatic rings. The van der Waals surface area contributed by atoms with Crippen LogP contribution in [0.5, 0.6) is 0 Å². The van der Waals surface area contributed by atoms with E-state index in [4.69, 9.17) is 19.1 Å². The number of rotatable bonds is 41. The fourth-order valence-corrected chi connectivity index (χ4v) is 6.84. The van der Waals surface area contributed by atoms with E-state index in [-0.39, 0.29) is 19.4 Å². The molecule has 11 heteroatoms. The smallest absolute Gasteiger partial charge is 0.462 e. The molecule has 0 aliphatic heterocycles. The number of aliphatic hydroxyl groups is 2. The summed E-state index contributed by atoms with van der Waals surface area (Å²) < 4.78 is 32.7. The summed E-state index contributed by atoms with van der Waals surface area (Å²) in [7, 11) is -4.61. The maximum Gasteiger partial charge on any atom is 0.472 e. The lowest BCUT2D eigenvalue weighted by Gasteiger charge is -2.20. The molecule has 0 saturated heterocycles. The van der Waals surface area contributed by atoms with Gasteiger partial charge in [-0.15, -0.1) is 0 Å². The Hall–Kier alpha value is -1.29. The number of carbonyl (C=O) groups excluding carboxylic acids is 2. The van der Waals surface area contributed by atoms with Crippen LogP contribution in [0, 0.1) is 0 Å². The lowest BCUT2D eigenvalue weighted by Crippen LogP contribution is -2.29. The van der Waals surface area contributed by atoms with Gasteiger partial charge >= 0.3 is 19.8 Å². The third-order valence-electron chi connectivity index (χ3n) is 9.42. The first kappa shape index (κ1) is 51.7. The number of hydrogen-bond acceptors (Lipinski definition) is 9. The van der Waals surface area contributed by atoms with Gasteiger partial charge in [-0.1, -0.05) is 167 Å². The van der Waals surface area contributed by atoms with Crippen LogP contribution >= 0.6 is 7.82 Å². The minimum atomic E-state index is -4.61. The highest BCUT2D eigenvalue weighted by molar-refractivity contribution is 7.47. The molecular formula is C42H81O10P. The van der Waals surface area contributed by atoms with Crippen molar-refractivity contribution in [2.75, 3.05) is 26.4 Å². The molecule has 3 atom stereocenters. The van der Waals surface area contributed by atoms with E-state index in [0.717, 1.165) is 38.5 Å². The Morgan fingerprint density at radius 3 is 1.40 bits per heavy atom. The molecule has 314 valence electrons. The normalized spacial score (nSPS) is 14.0. The molecule has 0 bridgehead atoms. The second-order valence-corrected chi connectivity index (χ2v) is 16.2. The molecule has 1 unspecified atom stereocenters. The van der Waals surface area contributed by atoms with Gasteiger partial charge in [0.1, 0.15) is 12.7 Å². The molecular weight excluding hydrogens is 695 g/mol. The Labute approximate surface area is 324 Å². The lowest BCUT2D eigenvalue weighted by atomic mass is 10.0. The van der Waals surface area contributed by atoms with Crippen LogP contribution in [-0.4, -0.2) is 65.7 Å². The highest BCUT2D eigenvalue weighted by Gasteiger charge is 2.27. The number of hydrogen-bond donors (Lipinski definition) is 3. The molecule has 0 aromatic carbocycles. The van der Waals surface area contributed by atoms with E-state index in [9.17, 15) is 24.2 Å². The molecule has 0 aromatic heterocycles. The van der Waals surface area contributed by atoms with Crippen molar-refractivity contribution in [1.82, 2.24) is 0 Å². The van der Waals surface area contributed by atoms with Crippen molar-refractivity contribution in [3.05, 3.63) is 12.2 Å². The molecule has 0 aliphatic carbocycles.